The number of anilines is 5. The summed E-state index contributed by atoms with van der Waals surface area (Å²) in [6.45, 7) is 55.3. The van der Waals surface area contributed by atoms with E-state index in [4.69, 9.17) is 0 Å². The Morgan fingerprint density at radius 3 is 1.66 bits per heavy atom. The van der Waals surface area contributed by atoms with Crippen LogP contribution in [0, 0.1) is 31.6 Å². The third kappa shape index (κ3) is 7.85. The number of allylic oxidation sites excluding steroid dienone is 2. The van der Waals surface area contributed by atoms with Gasteiger partial charge in [0.05, 0.1) is 11.7 Å². The summed E-state index contributed by atoms with van der Waals surface area (Å²) < 4.78 is 1.56. The third-order valence-corrected chi connectivity index (χ3v) is 23.7. The number of aryl methyl sites for hydroxylation is 3. The van der Waals surface area contributed by atoms with Crippen molar-refractivity contribution < 1.29 is 0 Å². The van der Waals surface area contributed by atoms with Crippen molar-refractivity contribution in [3.05, 3.63) is 132 Å². The Labute approximate surface area is 472 Å². The molecule has 3 heterocycles. The molecule has 1 aromatic heterocycles. The Bertz CT molecular complexity index is 3410. The molecular formula is C73H95BN2S. The monoisotopic (exact) mass is 1040 g/mol. The van der Waals surface area contributed by atoms with Gasteiger partial charge in [0.25, 0.3) is 6.71 Å². The van der Waals surface area contributed by atoms with E-state index >= 15 is 0 Å². The number of rotatable bonds is 3. The standard InChI is InChI=1S/C73H95BN2S/c1-42-33-43(2)59(44(3)34-42)47-38-50-52(70(15,16)29-27-68(50,11)12)40-55(47)76-56-41-53-51(69(13,14)28-30-71(53,17)18)39-54(56)74-61-57(35-45(36-58(61)76)65(4,5)6)75(46-23-24-48-49(37-46)67(9,10)26-25-66(48,7)8)62-60-63(77-64(62)74)73(21,22)32-31-72(60,19)20/h23-24,33-39,41,55H,25-32,40H2,1-22H3. The van der Waals surface area contributed by atoms with Gasteiger partial charge in [-0.2, -0.15) is 11.3 Å². The first-order chi connectivity index (χ1) is 35.5. The second kappa shape index (κ2) is 16.4. The zero-order valence-corrected chi connectivity index (χ0v) is 52.9. The fraction of sp³-hybridized carbons (Fsp3) is 0.562. The predicted molar refractivity (Wildman–Crippen MR) is 338 cm³/mol. The van der Waals surface area contributed by atoms with Crippen molar-refractivity contribution in [1.29, 1.82) is 0 Å². The minimum absolute atomic E-state index is 0.00752. The lowest BCUT2D eigenvalue weighted by Crippen LogP contribution is -2.63. The lowest BCUT2D eigenvalue weighted by Gasteiger charge is -2.52. The number of benzene rings is 4. The molecule has 0 spiro atoms. The van der Waals surface area contributed by atoms with Gasteiger partial charge in [-0.25, -0.2) is 0 Å². The quantitative estimate of drug-likeness (QED) is 0.163. The van der Waals surface area contributed by atoms with Gasteiger partial charge in [0.15, 0.2) is 0 Å². The van der Waals surface area contributed by atoms with Crippen LogP contribution < -0.4 is 25.5 Å². The molecule has 2 aliphatic heterocycles. The number of nitrogens with zero attached hydrogens (tertiary/aromatic N) is 2. The number of thiophene rings is 1. The van der Waals surface area contributed by atoms with Gasteiger partial charge in [-0.05, 0) is 230 Å². The summed E-state index contributed by atoms with van der Waals surface area (Å²) in [4.78, 5) is 7.50. The van der Waals surface area contributed by atoms with E-state index in [9.17, 15) is 0 Å². The maximum Gasteiger partial charge on any atom is 0.264 e. The lowest BCUT2D eigenvalue weighted by atomic mass is 9.35. The fourth-order valence-electron chi connectivity index (χ4n) is 16.6. The summed E-state index contributed by atoms with van der Waals surface area (Å²) >= 11 is 2.20. The van der Waals surface area contributed by atoms with Crippen LogP contribution in [0.15, 0.2) is 71.8 Å². The topological polar surface area (TPSA) is 6.48 Å². The minimum atomic E-state index is -0.113. The Morgan fingerprint density at radius 2 is 1.05 bits per heavy atom. The highest BCUT2D eigenvalue weighted by atomic mass is 32.1. The Kier molecular flexibility index (Phi) is 11.4. The highest BCUT2D eigenvalue weighted by Gasteiger charge is 2.54. The van der Waals surface area contributed by atoms with Gasteiger partial charge in [-0.3, -0.25) is 0 Å². The Morgan fingerprint density at radius 1 is 0.532 bits per heavy atom. The molecule has 12 rings (SSSR count). The van der Waals surface area contributed by atoms with E-state index in [1.165, 1.54) is 135 Å². The molecule has 5 aliphatic carbocycles. The van der Waals surface area contributed by atoms with Crippen molar-refractivity contribution in [2.75, 3.05) is 9.80 Å². The highest BCUT2D eigenvalue weighted by molar-refractivity contribution is 7.29. The fourth-order valence-corrected chi connectivity index (χ4v) is 18.4. The van der Waals surface area contributed by atoms with E-state index in [1.807, 2.05) is 0 Å². The van der Waals surface area contributed by atoms with Crippen molar-refractivity contribution >= 4 is 67.8 Å². The van der Waals surface area contributed by atoms with Crippen molar-refractivity contribution in [3.63, 3.8) is 0 Å². The molecule has 0 saturated heterocycles. The molecule has 406 valence electrons. The molecule has 1 unspecified atom stereocenters. The first-order valence-corrected chi connectivity index (χ1v) is 31.1. The van der Waals surface area contributed by atoms with Gasteiger partial charge in [0.1, 0.15) is 0 Å². The minimum Gasteiger partial charge on any atom is -0.334 e. The van der Waals surface area contributed by atoms with Gasteiger partial charge in [0, 0.05) is 32.4 Å². The van der Waals surface area contributed by atoms with Gasteiger partial charge in [0.2, 0.25) is 0 Å². The average molecular weight is 1040 g/mol. The second-order valence-corrected chi connectivity index (χ2v) is 33.6. The molecule has 1 atom stereocenters. The predicted octanol–water partition coefficient (Wildman–Crippen LogP) is 18.8. The molecule has 7 aliphatic rings. The van der Waals surface area contributed by atoms with Crippen LogP contribution in [0.25, 0.3) is 5.57 Å². The number of fused-ring (bicyclic) bond motifs is 8. The van der Waals surface area contributed by atoms with Gasteiger partial charge < -0.3 is 9.80 Å². The molecule has 4 heteroatoms. The number of hydrogen-bond acceptors (Lipinski definition) is 3. The first kappa shape index (κ1) is 53.4. The molecule has 4 aromatic carbocycles. The largest absolute Gasteiger partial charge is 0.334 e. The van der Waals surface area contributed by atoms with Crippen molar-refractivity contribution in [2.45, 2.75) is 254 Å². The molecule has 5 aromatic rings. The average Bonchev–Trinajstić information content (AvgIpc) is 3.70. The summed E-state index contributed by atoms with van der Waals surface area (Å²) in [6, 6.07) is 23.8. The normalized spacial score (nSPS) is 24.2. The second-order valence-electron chi connectivity index (χ2n) is 32.6. The molecule has 0 saturated carbocycles. The van der Waals surface area contributed by atoms with Crippen LogP contribution >= 0.6 is 11.3 Å². The van der Waals surface area contributed by atoms with Crippen molar-refractivity contribution in [1.82, 2.24) is 0 Å². The van der Waals surface area contributed by atoms with E-state index in [0.717, 1.165) is 6.42 Å². The van der Waals surface area contributed by atoms with E-state index in [-0.39, 0.29) is 61.5 Å². The van der Waals surface area contributed by atoms with Crippen LogP contribution in [-0.2, 0) is 37.9 Å². The van der Waals surface area contributed by atoms with Gasteiger partial charge >= 0.3 is 0 Å². The zero-order chi connectivity index (χ0) is 55.7. The Hall–Kier alpha value is -4.28. The van der Waals surface area contributed by atoms with Crippen molar-refractivity contribution in [3.8, 4) is 0 Å². The number of hydrogen-bond donors (Lipinski definition) is 0. The van der Waals surface area contributed by atoms with Crippen LogP contribution in [-0.4, -0.2) is 12.8 Å². The molecular weight excluding hydrogens is 948 g/mol. The van der Waals surface area contributed by atoms with Crippen LogP contribution in [0.3, 0.4) is 0 Å². The maximum atomic E-state index is 3.01. The van der Waals surface area contributed by atoms with E-state index in [0.29, 0.717) is 0 Å². The smallest absolute Gasteiger partial charge is 0.264 e. The molecule has 2 nitrogen and oxygen atoms in total. The highest BCUT2D eigenvalue weighted by Crippen LogP contribution is 2.61. The van der Waals surface area contributed by atoms with Crippen LogP contribution in [0.2, 0.25) is 0 Å². The summed E-state index contributed by atoms with van der Waals surface area (Å²) in [5.74, 6) is 0. The molecule has 0 radical (unpaired) electrons. The molecule has 77 heavy (non-hydrogen) atoms. The maximum absolute atomic E-state index is 3.01. The van der Waals surface area contributed by atoms with Gasteiger partial charge in [-0.15, -0.1) is 0 Å². The lowest BCUT2D eigenvalue weighted by molar-refractivity contribution is 0.257. The Balaban J connectivity index is 1.25. The van der Waals surface area contributed by atoms with E-state index < -0.39 is 0 Å². The van der Waals surface area contributed by atoms with E-state index in [1.54, 1.807) is 37.5 Å². The van der Waals surface area contributed by atoms with Crippen LogP contribution in [0.5, 0.6) is 0 Å². The SMILES string of the molecule is Cc1cc(C)c(C2=CC3=C(CC2N2c4cc5c(cc4B4c6sc7c(c6N(c6ccc8c(c6)C(C)(C)CCC8(C)C)c6cc(C(C)(C)C)cc2c64)C(C)(C)CCC7(C)C)C(C)(C)CCC5(C)C)C(C)(C)CCC3(C)C)c(C)c1. The molecule has 0 bridgehead atoms. The molecule has 0 N–H and O–H groups in total. The molecule has 0 fully saturated rings. The van der Waals surface area contributed by atoms with Crippen LogP contribution in [0.4, 0.5) is 28.4 Å². The third-order valence-electron chi connectivity index (χ3n) is 22.1. The van der Waals surface area contributed by atoms with Gasteiger partial charge in [-0.1, -0.05) is 173 Å². The van der Waals surface area contributed by atoms with E-state index in [2.05, 4.69) is 234 Å². The summed E-state index contributed by atoms with van der Waals surface area (Å²) in [6.07, 6.45) is 13.4. The summed E-state index contributed by atoms with van der Waals surface area (Å²) in [5, 5.41) is 0. The molecule has 0 amide bonds. The zero-order valence-electron chi connectivity index (χ0n) is 52.1. The summed E-state index contributed by atoms with van der Waals surface area (Å²) in [7, 11) is 0. The first-order valence-electron chi connectivity index (χ1n) is 30.3. The summed E-state index contributed by atoms with van der Waals surface area (Å²) in [5.41, 5.74) is 30.1. The van der Waals surface area contributed by atoms with Crippen LogP contribution in [0.1, 0.15) is 250 Å². The van der Waals surface area contributed by atoms with Crippen molar-refractivity contribution in [2.24, 2.45) is 10.8 Å².